The van der Waals surface area contributed by atoms with Crippen LogP contribution < -0.4 is 4.90 Å². The average Bonchev–Trinajstić information content (AvgIpc) is 3.33. The van der Waals surface area contributed by atoms with Crippen LogP contribution in [-0.4, -0.2) is 71.6 Å². The van der Waals surface area contributed by atoms with Gasteiger partial charge < -0.3 is 14.7 Å². The normalized spacial score (nSPS) is 16.6. The Labute approximate surface area is 196 Å². The molecule has 0 radical (unpaired) electrons. The molecule has 0 atom stereocenters. The lowest BCUT2D eigenvalue weighted by Crippen LogP contribution is -2.49. The van der Waals surface area contributed by atoms with Crippen LogP contribution in [0.4, 0.5) is 5.82 Å². The summed E-state index contributed by atoms with van der Waals surface area (Å²) in [6, 6.07) is 9.22. The van der Waals surface area contributed by atoms with Crippen LogP contribution in [0.25, 0.3) is 0 Å². The molecule has 1 aromatic heterocycles. The van der Waals surface area contributed by atoms with Gasteiger partial charge in [0.05, 0.1) is 21.4 Å². The number of halogens is 2. The number of amides is 2. The van der Waals surface area contributed by atoms with Gasteiger partial charge in [0.25, 0.3) is 5.91 Å². The van der Waals surface area contributed by atoms with E-state index in [1.807, 2.05) is 34.1 Å². The first-order chi connectivity index (χ1) is 15.0. The summed E-state index contributed by atoms with van der Waals surface area (Å²) in [5.74, 6) is 1.19. The highest BCUT2D eigenvalue weighted by atomic mass is 35.5. The van der Waals surface area contributed by atoms with Crippen molar-refractivity contribution in [3.63, 3.8) is 0 Å². The average molecular weight is 479 g/mol. The Balaban J connectivity index is 1.38. The zero-order chi connectivity index (χ0) is 21.8. The molecular formula is C22H24Cl2N4O2S. The van der Waals surface area contributed by atoms with Crippen LogP contribution >= 0.6 is 35.0 Å². The Hall–Kier alpha value is -1.96. The summed E-state index contributed by atoms with van der Waals surface area (Å²) in [5.41, 5.74) is 0.651. The molecule has 4 rings (SSSR count). The minimum absolute atomic E-state index is 0.00784. The summed E-state index contributed by atoms with van der Waals surface area (Å²) < 4.78 is 0. The number of nitrogens with zero attached hydrogens (tertiary/aromatic N) is 4. The van der Waals surface area contributed by atoms with E-state index in [4.69, 9.17) is 23.2 Å². The molecule has 3 heterocycles. The van der Waals surface area contributed by atoms with Gasteiger partial charge in [-0.05, 0) is 31.0 Å². The summed E-state index contributed by atoms with van der Waals surface area (Å²) >= 11 is 13.7. The lowest BCUT2D eigenvalue weighted by atomic mass is 10.2. The largest absolute Gasteiger partial charge is 0.352 e. The topological polar surface area (TPSA) is 56.8 Å². The van der Waals surface area contributed by atoms with Gasteiger partial charge in [0.1, 0.15) is 5.82 Å². The molecule has 164 valence electrons. The SMILES string of the molecule is O=C(CSc1ccccc1C(=O)N1CCN(c2ncc(Cl)cc2Cl)CC1)N1CCCC1. The molecule has 2 aromatic rings. The van der Waals surface area contributed by atoms with Gasteiger partial charge in [0.15, 0.2) is 0 Å². The number of carbonyl (C=O) groups is 2. The van der Waals surface area contributed by atoms with Crippen LogP contribution in [0, 0.1) is 0 Å². The van der Waals surface area contributed by atoms with Crippen molar-refractivity contribution in [1.82, 2.24) is 14.8 Å². The van der Waals surface area contributed by atoms with Gasteiger partial charge in [-0.3, -0.25) is 9.59 Å². The minimum Gasteiger partial charge on any atom is -0.352 e. The van der Waals surface area contributed by atoms with Gasteiger partial charge in [-0.25, -0.2) is 4.98 Å². The second-order valence-corrected chi connectivity index (χ2v) is 9.47. The van der Waals surface area contributed by atoms with Gasteiger partial charge in [-0.1, -0.05) is 35.3 Å². The van der Waals surface area contributed by atoms with E-state index in [0.717, 1.165) is 30.8 Å². The molecular weight excluding hydrogens is 455 g/mol. The Kier molecular flexibility index (Phi) is 7.25. The first-order valence-corrected chi connectivity index (χ1v) is 12.1. The van der Waals surface area contributed by atoms with Crippen LogP contribution in [-0.2, 0) is 4.79 Å². The van der Waals surface area contributed by atoms with Gasteiger partial charge in [0.2, 0.25) is 5.91 Å². The zero-order valence-electron chi connectivity index (χ0n) is 17.1. The predicted molar refractivity (Wildman–Crippen MR) is 125 cm³/mol. The number of carbonyl (C=O) groups excluding carboxylic acids is 2. The molecule has 6 nitrogen and oxygen atoms in total. The Morgan fingerprint density at radius 2 is 1.68 bits per heavy atom. The van der Waals surface area contributed by atoms with Crippen molar-refractivity contribution >= 4 is 52.6 Å². The predicted octanol–water partition coefficient (Wildman–Crippen LogP) is 4.07. The van der Waals surface area contributed by atoms with Crippen molar-refractivity contribution in [2.75, 3.05) is 49.9 Å². The molecule has 31 heavy (non-hydrogen) atoms. The minimum atomic E-state index is -0.00784. The molecule has 0 unspecified atom stereocenters. The van der Waals surface area contributed by atoms with Crippen LogP contribution in [0.1, 0.15) is 23.2 Å². The lowest BCUT2D eigenvalue weighted by molar-refractivity contribution is -0.127. The lowest BCUT2D eigenvalue weighted by Gasteiger charge is -2.36. The molecule has 0 spiro atoms. The molecule has 0 bridgehead atoms. The molecule has 0 N–H and O–H groups in total. The number of anilines is 1. The van der Waals surface area contributed by atoms with Gasteiger partial charge in [-0.15, -0.1) is 11.8 Å². The smallest absolute Gasteiger partial charge is 0.255 e. The maximum Gasteiger partial charge on any atom is 0.255 e. The Bertz CT molecular complexity index is 960. The number of thioether (sulfide) groups is 1. The molecule has 2 aliphatic heterocycles. The third-order valence-electron chi connectivity index (χ3n) is 5.58. The van der Waals surface area contributed by atoms with Crippen molar-refractivity contribution in [3.05, 3.63) is 52.1 Å². The van der Waals surface area contributed by atoms with Crippen molar-refractivity contribution < 1.29 is 9.59 Å². The number of rotatable bonds is 5. The Morgan fingerprint density at radius 3 is 2.39 bits per heavy atom. The molecule has 9 heteroatoms. The van der Waals surface area contributed by atoms with Crippen molar-refractivity contribution in [2.45, 2.75) is 17.7 Å². The zero-order valence-corrected chi connectivity index (χ0v) is 19.4. The first-order valence-electron chi connectivity index (χ1n) is 10.4. The first kappa shape index (κ1) is 22.2. The molecule has 0 saturated carbocycles. The molecule has 1 aromatic carbocycles. The van der Waals surface area contributed by atoms with Crippen LogP contribution in [0.2, 0.25) is 10.0 Å². The standard InChI is InChI=1S/C22H24Cl2N4O2S/c23-16-13-18(24)21(25-14-16)27-9-11-28(12-10-27)22(30)17-5-1-2-6-19(17)31-15-20(29)26-7-3-4-8-26/h1-2,5-6,13-14H,3-4,7-12,15H2. The van der Waals surface area contributed by atoms with Crippen molar-refractivity contribution in [1.29, 1.82) is 0 Å². The van der Waals surface area contributed by atoms with Crippen molar-refractivity contribution in [3.8, 4) is 0 Å². The van der Waals surface area contributed by atoms with E-state index in [2.05, 4.69) is 9.88 Å². The summed E-state index contributed by atoms with van der Waals surface area (Å²) in [6.07, 6.45) is 3.74. The monoisotopic (exact) mass is 478 g/mol. The van der Waals surface area contributed by atoms with E-state index >= 15 is 0 Å². The van der Waals surface area contributed by atoms with E-state index in [-0.39, 0.29) is 11.8 Å². The highest BCUT2D eigenvalue weighted by Crippen LogP contribution is 2.28. The van der Waals surface area contributed by atoms with E-state index < -0.39 is 0 Å². The van der Waals surface area contributed by atoms with E-state index in [9.17, 15) is 9.59 Å². The molecule has 2 fully saturated rings. The number of likely N-dealkylation sites (tertiary alicyclic amines) is 1. The summed E-state index contributed by atoms with van der Waals surface area (Å²) in [6.45, 7) is 4.12. The number of pyridine rings is 1. The highest BCUT2D eigenvalue weighted by Gasteiger charge is 2.26. The molecule has 2 saturated heterocycles. The second-order valence-electron chi connectivity index (χ2n) is 7.61. The number of hydrogen-bond acceptors (Lipinski definition) is 5. The van der Waals surface area contributed by atoms with Gasteiger partial charge in [0, 0.05) is 50.4 Å². The van der Waals surface area contributed by atoms with E-state index in [1.54, 1.807) is 12.3 Å². The summed E-state index contributed by atoms with van der Waals surface area (Å²) in [4.78, 5) is 36.6. The van der Waals surface area contributed by atoms with Crippen LogP contribution in [0.3, 0.4) is 0 Å². The fourth-order valence-corrected chi connectivity index (χ4v) is 5.35. The quantitative estimate of drug-likeness (QED) is 0.606. The number of aromatic nitrogens is 1. The number of benzene rings is 1. The van der Waals surface area contributed by atoms with Gasteiger partial charge >= 0.3 is 0 Å². The van der Waals surface area contributed by atoms with E-state index in [1.165, 1.54) is 11.8 Å². The molecule has 2 aliphatic rings. The third kappa shape index (κ3) is 5.27. The number of piperazine rings is 1. The van der Waals surface area contributed by atoms with Crippen LogP contribution in [0.15, 0.2) is 41.4 Å². The Morgan fingerprint density at radius 1 is 0.968 bits per heavy atom. The molecule has 0 aliphatic carbocycles. The highest BCUT2D eigenvalue weighted by molar-refractivity contribution is 8.00. The summed E-state index contributed by atoms with van der Waals surface area (Å²) in [7, 11) is 0. The number of hydrogen-bond donors (Lipinski definition) is 0. The maximum absolute atomic E-state index is 13.2. The summed E-state index contributed by atoms with van der Waals surface area (Å²) in [5, 5.41) is 1.01. The van der Waals surface area contributed by atoms with Gasteiger partial charge in [-0.2, -0.15) is 0 Å². The van der Waals surface area contributed by atoms with Crippen LogP contribution in [0.5, 0.6) is 0 Å². The third-order valence-corrected chi connectivity index (χ3v) is 7.13. The van der Waals surface area contributed by atoms with E-state index in [0.29, 0.717) is 53.4 Å². The second kappa shape index (κ2) is 10.1. The maximum atomic E-state index is 13.2. The van der Waals surface area contributed by atoms with Crippen molar-refractivity contribution in [2.24, 2.45) is 0 Å². The fourth-order valence-electron chi connectivity index (χ4n) is 3.90. The molecule has 2 amide bonds. The fraction of sp³-hybridized carbons (Fsp3) is 0.409.